The molecule has 142 valence electrons. The third kappa shape index (κ3) is 24.6. The second kappa shape index (κ2) is 15.5. The number of hydrogen-bond donors (Lipinski definition) is 8. The average Bonchev–Trinajstić information content (AvgIpc) is 2.44. The highest BCUT2D eigenvalue weighted by molar-refractivity contribution is 5.75. The monoisotopic (exact) mass is 352 g/mol. The second-order valence-electron chi connectivity index (χ2n) is 4.65. The maximum Gasteiger partial charge on any atom is 0.320 e. The molecule has 3 atom stereocenters. The van der Waals surface area contributed by atoms with Crippen molar-refractivity contribution in [3.05, 3.63) is 0 Å². The Morgan fingerprint density at radius 1 is 0.875 bits per heavy atom. The van der Waals surface area contributed by atoms with Crippen LogP contribution in [0, 0.1) is 0 Å². The van der Waals surface area contributed by atoms with Crippen LogP contribution < -0.4 is 28.7 Å². The van der Waals surface area contributed by atoms with E-state index >= 15 is 0 Å². The standard InChI is InChI=1S/C6H14N4O2.2C3H7NO2/c7-4(5(11)12)2-1-3-10-6(8)9;2*1-2(4)3(5)6/h4H,1-3,7H2,(H,11,12)(H4,8,9,10);2*2H,4H2,1H3,(H,5,6)/t4-;2*2-/m000/s1. The number of nitrogens with two attached hydrogens (primary N) is 5. The zero-order valence-electron chi connectivity index (χ0n) is 13.8. The molecule has 0 aromatic rings. The fourth-order valence-corrected chi connectivity index (χ4v) is 0.643. The molecule has 0 aliphatic carbocycles. The van der Waals surface area contributed by atoms with E-state index in [1.165, 1.54) is 13.8 Å². The van der Waals surface area contributed by atoms with E-state index < -0.39 is 36.0 Å². The van der Waals surface area contributed by atoms with Crippen molar-refractivity contribution in [1.82, 2.24) is 0 Å². The summed E-state index contributed by atoms with van der Waals surface area (Å²) in [5, 5.41) is 24.1. The largest absolute Gasteiger partial charge is 0.480 e. The molecule has 0 saturated carbocycles. The first-order valence-corrected chi connectivity index (χ1v) is 6.83. The quantitative estimate of drug-likeness (QED) is 0.133. The van der Waals surface area contributed by atoms with Crippen molar-refractivity contribution in [3.8, 4) is 0 Å². The fourth-order valence-electron chi connectivity index (χ4n) is 0.643. The van der Waals surface area contributed by atoms with Gasteiger partial charge in [0, 0.05) is 6.54 Å². The minimum Gasteiger partial charge on any atom is -0.480 e. The summed E-state index contributed by atoms with van der Waals surface area (Å²) in [5.41, 5.74) is 25.0. The number of nitrogens with zero attached hydrogens (tertiary/aromatic N) is 1. The van der Waals surface area contributed by atoms with Crippen molar-refractivity contribution in [2.24, 2.45) is 33.7 Å². The van der Waals surface area contributed by atoms with Gasteiger partial charge in [0.1, 0.15) is 18.1 Å². The van der Waals surface area contributed by atoms with Crippen molar-refractivity contribution in [2.75, 3.05) is 6.54 Å². The first-order valence-electron chi connectivity index (χ1n) is 6.83. The number of guanidine groups is 1. The number of rotatable bonds is 7. The van der Waals surface area contributed by atoms with E-state index in [1.807, 2.05) is 0 Å². The normalized spacial score (nSPS) is 12.9. The van der Waals surface area contributed by atoms with Crippen LogP contribution >= 0.6 is 0 Å². The van der Waals surface area contributed by atoms with Gasteiger partial charge in [-0.3, -0.25) is 19.4 Å². The topological polar surface area (TPSA) is 254 Å². The predicted octanol–water partition coefficient (Wildman–Crippen LogP) is -2.71. The molecule has 12 heteroatoms. The molecule has 0 unspecified atom stereocenters. The maximum absolute atomic E-state index is 10.2. The van der Waals surface area contributed by atoms with Gasteiger partial charge in [0.05, 0.1) is 0 Å². The Morgan fingerprint density at radius 3 is 1.42 bits per heavy atom. The zero-order chi connectivity index (χ0) is 19.9. The minimum atomic E-state index is -1.00. The van der Waals surface area contributed by atoms with Crippen molar-refractivity contribution in [2.45, 2.75) is 44.8 Å². The van der Waals surface area contributed by atoms with E-state index in [0.717, 1.165) is 0 Å². The van der Waals surface area contributed by atoms with Gasteiger partial charge in [0.25, 0.3) is 0 Å². The van der Waals surface area contributed by atoms with Gasteiger partial charge in [-0.2, -0.15) is 0 Å². The van der Waals surface area contributed by atoms with Crippen LogP contribution in [-0.2, 0) is 14.4 Å². The maximum atomic E-state index is 10.2. The van der Waals surface area contributed by atoms with Crippen molar-refractivity contribution in [3.63, 3.8) is 0 Å². The lowest BCUT2D eigenvalue weighted by Crippen LogP contribution is -2.30. The predicted molar refractivity (Wildman–Crippen MR) is 88.1 cm³/mol. The Bertz CT molecular complexity index is 391. The molecule has 0 rings (SSSR count). The average molecular weight is 352 g/mol. The van der Waals surface area contributed by atoms with Crippen LogP contribution in [0.3, 0.4) is 0 Å². The van der Waals surface area contributed by atoms with Crippen LogP contribution in [0.5, 0.6) is 0 Å². The Labute approximate surface area is 139 Å². The summed E-state index contributed by atoms with van der Waals surface area (Å²) >= 11 is 0. The molecule has 24 heavy (non-hydrogen) atoms. The zero-order valence-corrected chi connectivity index (χ0v) is 13.8. The highest BCUT2D eigenvalue weighted by atomic mass is 16.4. The van der Waals surface area contributed by atoms with E-state index in [9.17, 15) is 14.4 Å². The first-order chi connectivity index (χ1) is 10.8. The summed E-state index contributed by atoms with van der Waals surface area (Å²) < 4.78 is 0. The van der Waals surface area contributed by atoms with Crippen LogP contribution in [-0.4, -0.2) is 63.9 Å². The van der Waals surface area contributed by atoms with Gasteiger partial charge in [0.2, 0.25) is 0 Å². The third-order valence-corrected chi connectivity index (χ3v) is 2.06. The minimum absolute atomic E-state index is 0.0129. The van der Waals surface area contributed by atoms with Gasteiger partial charge in [0.15, 0.2) is 5.96 Å². The lowest BCUT2D eigenvalue weighted by atomic mass is 10.2. The van der Waals surface area contributed by atoms with Crippen LogP contribution in [0.25, 0.3) is 0 Å². The summed E-state index contributed by atoms with van der Waals surface area (Å²) in [4.78, 5) is 33.0. The second-order valence-corrected chi connectivity index (χ2v) is 4.65. The summed E-state index contributed by atoms with van der Waals surface area (Å²) in [6, 6.07) is -2.28. The third-order valence-electron chi connectivity index (χ3n) is 2.06. The Hall–Kier alpha value is -2.44. The van der Waals surface area contributed by atoms with Crippen molar-refractivity contribution < 1.29 is 29.7 Å². The van der Waals surface area contributed by atoms with Gasteiger partial charge >= 0.3 is 17.9 Å². The van der Waals surface area contributed by atoms with Crippen LogP contribution in [0.4, 0.5) is 0 Å². The van der Waals surface area contributed by atoms with Gasteiger partial charge in [-0.25, -0.2) is 0 Å². The molecule has 0 aromatic carbocycles. The summed E-state index contributed by atoms with van der Waals surface area (Å²) in [7, 11) is 0. The fraction of sp³-hybridized carbons (Fsp3) is 0.667. The Kier molecular flexibility index (Phi) is 17.0. The van der Waals surface area contributed by atoms with Crippen molar-refractivity contribution in [1.29, 1.82) is 0 Å². The lowest BCUT2D eigenvalue weighted by Gasteiger charge is -2.03. The highest BCUT2D eigenvalue weighted by Crippen LogP contribution is 1.94. The van der Waals surface area contributed by atoms with E-state index in [1.54, 1.807) is 0 Å². The number of aliphatic carboxylic acids is 3. The van der Waals surface area contributed by atoms with Gasteiger partial charge < -0.3 is 44.0 Å². The molecule has 0 heterocycles. The van der Waals surface area contributed by atoms with E-state index in [4.69, 9.17) is 44.0 Å². The smallest absolute Gasteiger partial charge is 0.320 e. The Balaban J connectivity index is -0.000000309. The molecule has 0 fully saturated rings. The number of carboxylic acid groups (broad SMARTS) is 3. The van der Waals surface area contributed by atoms with Crippen LogP contribution in [0.1, 0.15) is 26.7 Å². The molecule has 12 nitrogen and oxygen atoms in total. The van der Waals surface area contributed by atoms with Crippen molar-refractivity contribution >= 4 is 23.9 Å². The van der Waals surface area contributed by atoms with E-state index in [2.05, 4.69) is 4.99 Å². The number of carbonyl (C=O) groups is 3. The summed E-state index contributed by atoms with van der Waals surface area (Å²) in [6.45, 7) is 3.26. The number of carboxylic acids is 3. The molecule has 13 N–H and O–H groups in total. The lowest BCUT2D eigenvalue weighted by molar-refractivity contribution is -0.139. The van der Waals surface area contributed by atoms with E-state index in [-0.39, 0.29) is 5.96 Å². The molecule has 0 saturated heterocycles. The van der Waals surface area contributed by atoms with Gasteiger partial charge in [-0.15, -0.1) is 0 Å². The van der Waals surface area contributed by atoms with Gasteiger partial charge in [-0.1, -0.05) is 0 Å². The molecule has 0 aliphatic rings. The molecule has 0 amide bonds. The highest BCUT2D eigenvalue weighted by Gasteiger charge is 2.09. The molecule has 0 bridgehead atoms. The number of aliphatic imine (C=N–C) groups is 1. The first kappa shape index (κ1) is 26.5. The molecule has 0 spiro atoms. The molecule has 0 radical (unpaired) electrons. The SMILES string of the molecule is C[C@H](N)C(=O)O.C[C@H](N)C(=O)O.NC(N)=NCCC[C@H](N)C(=O)O. The Morgan fingerprint density at radius 2 is 1.21 bits per heavy atom. The van der Waals surface area contributed by atoms with Crippen LogP contribution in [0.15, 0.2) is 4.99 Å². The molecule has 0 aromatic heterocycles. The summed E-state index contributed by atoms with van der Waals surface area (Å²) in [6.07, 6.45) is 0.956. The van der Waals surface area contributed by atoms with E-state index in [0.29, 0.717) is 19.4 Å². The van der Waals surface area contributed by atoms with Gasteiger partial charge in [-0.05, 0) is 26.7 Å². The van der Waals surface area contributed by atoms with Crippen LogP contribution in [0.2, 0.25) is 0 Å². The molecular formula is C12H28N6O6. The number of hydrogen-bond acceptors (Lipinski definition) is 7. The molecular weight excluding hydrogens is 324 g/mol. The summed E-state index contributed by atoms with van der Waals surface area (Å²) in [5.74, 6) is -2.91. The molecule has 0 aliphatic heterocycles.